The lowest BCUT2D eigenvalue weighted by Crippen LogP contribution is -2.36. The van der Waals surface area contributed by atoms with Gasteiger partial charge in [-0.15, -0.1) is 0 Å². The number of amides is 1. The lowest BCUT2D eigenvalue weighted by Gasteiger charge is -2.11. The highest BCUT2D eigenvalue weighted by Crippen LogP contribution is 2.21. The third-order valence-corrected chi connectivity index (χ3v) is 3.48. The van der Waals surface area contributed by atoms with Gasteiger partial charge in [-0.3, -0.25) is 9.78 Å². The second-order valence-corrected chi connectivity index (χ2v) is 4.94. The Balaban J connectivity index is 1.58. The molecule has 0 spiro atoms. The van der Waals surface area contributed by atoms with Crippen molar-refractivity contribution in [1.29, 1.82) is 0 Å². The molecule has 0 saturated heterocycles. The molecule has 0 fully saturated rings. The number of carbonyl (C=O) groups excluding carboxylic acids is 1. The number of nitrogens with one attached hydrogen (secondary N) is 1. The summed E-state index contributed by atoms with van der Waals surface area (Å²) >= 11 is 0. The van der Waals surface area contributed by atoms with Crippen LogP contribution in [0.3, 0.4) is 0 Å². The first-order valence-electron chi connectivity index (χ1n) is 6.57. The zero-order valence-electron chi connectivity index (χ0n) is 10.7. The summed E-state index contributed by atoms with van der Waals surface area (Å²) in [6.45, 7) is 0. The Bertz CT molecular complexity index is 555. The van der Waals surface area contributed by atoms with Crippen LogP contribution in [0.5, 0.6) is 0 Å². The molecular weight excluding hydrogens is 236 g/mol. The largest absolute Gasteiger partial charge is 0.352 e. The number of hydrogen-bond acceptors (Lipinski definition) is 2. The average molecular weight is 252 g/mol. The molecule has 1 heterocycles. The van der Waals surface area contributed by atoms with Gasteiger partial charge in [-0.2, -0.15) is 0 Å². The highest BCUT2D eigenvalue weighted by molar-refractivity contribution is 5.78. The number of nitrogens with zero attached hydrogens (tertiary/aromatic N) is 1. The molecule has 1 aromatic heterocycles. The SMILES string of the molecule is O=C(Cc1ccccn1)NC1Cc2ccccc2C1. The molecule has 0 unspecified atom stereocenters. The summed E-state index contributed by atoms with van der Waals surface area (Å²) in [6.07, 6.45) is 3.94. The minimum Gasteiger partial charge on any atom is -0.352 e. The fraction of sp³-hybridized carbons (Fsp3) is 0.250. The molecule has 1 N–H and O–H groups in total. The summed E-state index contributed by atoms with van der Waals surface area (Å²) in [5, 5.41) is 3.10. The normalized spacial score (nSPS) is 14.1. The van der Waals surface area contributed by atoms with Crippen molar-refractivity contribution in [3.63, 3.8) is 0 Å². The lowest BCUT2D eigenvalue weighted by molar-refractivity contribution is -0.121. The van der Waals surface area contributed by atoms with Crippen LogP contribution in [-0.2, 0) is 24.1 Å². The molecule has 1 aromatic carbocycles. The van der Waals surface area contributed by atoms with Gasteiger partial charge < -0.3 is 5.32 Å². The van der Waals surface area contributed by atoms with E-state index in [4.69, 9.17) is 0 Å². The van der Waals surface area contributed by atoms with E-state index < -0.39 is 0 Å². The van der Waals surface area contributed by atoms with Crippen LogP contribution in [0.2, 0.25) is 0 Å². The van der Waals surface area contributed by atoms with Gasteiger partial charge >= 0.3 is 0 Å². The lowest BCUT2D eigenvalue weighted by atomic mass is 10.1. The Labute approximate surface area is 112 Å². The van der Waals surface area contributed by atoms with Crippen molar-refractivity contribution in [2.45, 2.75) is 25.3 Å². The van der Waals surface area contributed by atoms with Crippen molar-refractivity contribution in [3.05, 3.63) is 65.5 Å². The molecule has 1 amide bonds. The van der Waals surface area contributed by atoms with Crippen LogP contribution < -0.4 is 5.32 Å². The van der Waals surface area contributed by atoms with E-state index in [1.165, 1.54) is 11.1 Å². The van der Waals surface area contributed by atoms with Crippen molar-refractivity contribution < 1.29 is 4.79 Å². The van der Waals surface area contributed by atoms with Gasteiger partial charge in [-0.1, -0.05) is 30.3 Å². The smallest absolute Gasteiger partial charge is 0.226 e. The van der Waals surface area contributed by atoms with Crippen LogP contribution in [0.4, 0.5) is 0 Å². The maximum absolute atomic E-state index is 12.0. The molecule has 0 radical (unpaired) electrons. The molecule has 3 nitrogen and oxygen atoms in total. The number of carbonyl (C=O) groups is 1. The van der Waals surface area contributed by atoms with Gasteiger partial charge in [0.25, 0.3) is 0 Å². The molecule has 1 aliphatic carbocycles. The molecule has 1 aliphatic rings. The number of fused-ring (bicyclic) bond motifs is 1. The Morgan fingerprint density at radius 3 is 2.42 bits per heavy atom. The van der Waals surface area contributed by atoms with E-state index in [1.807, 2.05) is 18.2 Å². The monoisotopic (exact) mass is 252 g/mol. The number of benzene rings is 1. The van der Waals surface area contributed by atoms with Crippen LogP contribution in [0.25, 0.3) is 0 Å². The Morgan fingerprint density at radius 2 is 1.79 bits per heavy atom. The summed E-state index contributed by atoms with van der Waals surface area (Å²) in [4.78, 5) is 16.1. The van der Waals surface area contributed by atoms with Gasteiger partial charge in [-0.25, -0.2) is 0 Å². The van der Waals surface area contributed by atoms with Gasteiger partial charge in [0.05, 0.1) is 6.42 Å². The van der Waals surface area contributed by atoms with Crippen molar-refractivity contribution >= 4 is 5.91 Å². The molecule has 19 heavy (non-hydrogen) atoms. The standard InChI is InChI=1S/C16H16N2O/c19-16(11-14-7-3-4-8-17-14)18-15-9-12-5-1-2-6-13(12)10-15/h1-8,15H,9-11H2,(H,18,19). The van der Waals surface area contributed by atoms with Crippen LogP contribution in [-0.4, -0.2) is 16.9 Å². The van der Waals surface area contributed by atoms with Crippen molar-refractivity contribution in [1.82, 2.24) is 10.3 Å². The fourth-order valence-electron chi connectivity index (χ4n) is 2.61. The van der Waals surface area contributed by atoms with Gasteiger partial charge in [0, 0.05) is 17.9 Å². The van der Waals surface area contributed by atoms with Gasteiger partial charge in [0.1, 0.15) is 0 Å². The summed E-state index contributed by atoms with van der Waals surface area (Å²) in [5.41, 5.74) is 3.52. The van der Waals surface area contributed by atoms with Crippen LogP contribution in [0, 0.1) is 0 Å². The van der Waals surface area contributed by atoms with Gasteiger partial charge in [-0.05, 0) is 36.1 Å². The topological polar surface area (TPSA) is 42.0 Å². The van der Waals surface area contributed by atoms with Crippen LogP contribution >= 0.6 is 0 Å². The number of pyridine rings is 1. The highest BCUT2D eigenvalue weighted by Gasteiger charge is 2.22. The molecule has 0 saturated carbocycles. The number of hydrogen-bond donors (Lipinski definition) is 1. The van der Waals surface area contributed by atoms with Gasteiger partial charge in [0.2, 0.25) is 5.91 Å². The minimum absolute atomic E-state index is 0.0523. The van der Waals surface area contributed by atoms with E-state index in [9.17, 15) is 4.79 Å². The van der Waals surface area contributed by atoms with Crippen molar-refractivity contribution in [2.24, 2.45) is 0 Å². The van der Waals surface area contributed by atoms with Crippen molar-refractivity contribution in [2.75, 3.05) is 0 Å². The third-order valence-electron chi connectivity index (χ3n) is 3.48. The molecule has 0 bridgehead atoms. The maximum atomic E-state index is 12.0. The summed E-state index contributed by atoms with van der Waals surface area (Å²) in [5.74, 6) is 0.0523. The minimum atomic E-state index is 0.0523. The number of aromatic nitrogens is 1. The molecule has 3 heteroatoms. The Morgan fingerprint density at radius 1 is 1.11 bits per heavy atom. The molecular formula is C16H16N2O. The predicted molar refractivity (Wildman–Crippen MR) is 73.7 cm³/mol. The second kappa shape index (κ2) is 5.22. The third kappa shape index (κ3) is 2.81. The predicted octanol–water partition coefficient (Wildman–Crippen LogP) is 1.91. The van der Waals surface area contributed by atoms with E-state index in [0.717, 1.165) is 18.5 Å². The summed E-state index contributed by atoms with van der Waals surface area (Å²) < 4.78 is 0. The zero-order chi connectivity index (χ0) is 13.1. The van der Waals surface area contributed by atoms with E-state index in [1.54, 1.807) is 6.20 Å². The number of rotatable bonds is 3. The van der Waals surface area contributed by atoms with Crippen LogP contribution in [0.15, 0.2) is 48.7 Å². The van der Waals surface area contributed by atoms with Gasteiger partial charge in [0.15, 0.2) is 0 Å². The zero-order valence-corrected chi connectivity index (χ0v) is 10.7. The average Bonchev–Trinajstić information content (AvgIpc) is 2.81. The quantitative estimate of drug-likeness (QED) is 0.906. The summed E-state index contributed by atoms with van der Waals surface area (Å²) in [7, 11) is 0. The summed E-state index contributed by atoms with van der Waals surface area (Å²) in [6, 6.07) is 14.3. The maximum Gasteiger partial charge on any atom is 0.226 e. The van der Waals surface area contributed by atoms with E-state index in [0.29, 0.717) is 6.42 Å². The highest BCUT2D eigenvalue weighted by atomic mass is 16.1. The first-order chi connectivity index (χ1) is 9.31. The molecule has 2 aromatic rings. The van der Waals surface area contributed by atoms with E-state index >= 15 is 0 Å². The Kier molecular flexibility index (Phi) is 3.27. The van der Waals surface area contributed by atoms with Crippen LogP contribution in [0.1, 0.15) is 16.8 Å². The fourth-order valence-corrected chi connectivity index (χ4v) is 2.61. The van der Waals surface area contributed by atoms with E-state index in [2.05, 4.69) is 34.6 Å². The van der Waals surface area contributed by atoms with E-state index in [-0.39, 0.29) is 11.9 Å². The molecule has 3 rings (SSSR count). The molecule has 96 valence electrons. The molecule has 0 aliphatic heterocycles. The second-order valence-electron chi connectivity index (χ2n) is 4.94. The first kappa shape index (κ1) is 11.9. The van der Waals surface area contributed by atoms with Crippen molar-refractivity contribution in [3.8, 4) is 0 Å². The molecule has 0 atom stereocenters. The first-order valence-corrected chi connectivity index (χ1v) is 6.57. The Hall–Kier alpha value is -2.16.